The van der Waals surface area contributed by atoms with Crippen molar-refractivity contribution in [2.45, 2.75) is 61.6 Å². The van der Waals surface area contributed by atoms with Crippen LogP contribution in [0.25, 0.3) is 0 Å². The third-order valence-corrected chi connectivity index (χ3v) is 11.0. The highest BCUT2D eigenvalue weighted by Gasteiger charge is 2.77. The summed E-state index contributed by atoms with van der Waals surface area (Å²) in [7, 11) is 0. The summed E-state index contributed by atoms with van der Waals surface area (Å²) in [5, 5.41) is 17.0. The fourth-order valence-electron chi connectivity index (χ4n) is 6.72. The number of thioether (sulfide) groups is 1. The van der Waals surface area contributed by atoms with Gasteiger partial charge < -0.3 is 20.6 Å². The summed E-state index contributed by atoms with van der Waals surface area (Å²) in [4.78, 5) is 43.8. The van der Waals surface area contributed by atoms with Crippen LogP contribution in [0.2, 0.25) is 5.02 Å². The molecule has 3 N–H and O–H groups in total. The van der Waals surface area contributed by atoms with Gasteiger partial charge in [-0.2, -0.15) is 0 Å². The van der Waals surface area contributed by atoms with Gasteiger partial charge in [-0.1, -0.05) is 50.1 Å². The number of nitrogens with one attached hydrogen (secondary N) is 2. The summed E-state index contributed by atoms with van der Waals surface area (Å²) in [5.74, 6) is -2.00. The van der Waals surface area contributed by atoms with Gasteiger partial charge >= 0.3 is 0 Å². The maximum Gasteiger partial charge on any atom is 0.248 e. The Kier molecular flexibility index (Phi) is 7.26. The summed E-state index contributed by atoms with van der Waals surface area (Å²) < 4.78 is -1.24. The van der Waals surface area contributed by atoms with Gasteiger partial charge in [0.15, 0.2) is 0 Å². The fraction of sp³-hybridized carbons (Fsp3) is 0.483. The van der Waals surface area contributed by atoms with Crippen LogP contribution >= 0.6 is 23.4 Å². The van der Waals surface area contributed by atoms with E-state index >= 15 is 0 Å². The smallest absolute Gasteiger partial charge is 0.248 e. The molecule has 7 atom stereocenters. The second-order valence-electron chi connectivity index (χ2n) is 11.0. The molecule has 0 saturated carbocycles. The van der Waals surface area contributed by atoms with E-state index in [-0.39, 0.29) is 30.2 Å². The Balaban J connectivity index is 1.55. The van der Waals surface area contributed by atoms with E-state index in [9.17, 15) is 19.5 Å². The number of para-hydroxylation sites is 1. The van der Waals surface area contributed by atoms with Gasteiger partial charge in [0.05, 0.1) is 29.2 Å². The van der Waals surface area contributed by atoms with Gasteiger partial charge in [0.25, 0.3) is 0 Å². The molecule has 0 radical (unpaired) electrons. The molecule has 1 spiro atoms. The number of hydrogen-bond donors (Lipinski definition) is 3. The van der Waals surface area contributed by atoms with Crippen LogP contribution in [0.4, 0.5) is 11.4 Å². The highest BCUT2D eigenvalue weighted by Crippen LogP contribution is 2.71. The number of likely N-dealkylation sites (tertiary alicyclic amines) is 1. The van der Waals surface area contributed by atoms with Gasteiger partial charge in [-0.3, -0.25) is 14.4 Å². The van der Waals surface area contributed by atoms with E-state index in [1.165, 1.54) is 0 Å². The number of carbonyl (C=O) groups is 3. The third kappa shape index (κ3) is 4.31. The molecule has 3 amide bonds. The predicted octanol–water partition coefficient (Wildman–Crippen LogP) is 4.81. The molecule has 0 aromatic heterocycles. The minimum atomic E-state index is -0.817. The lowest BCUT2D eigenvalue weighted by molar-refractivity contribution is -0.142. The van der Waals surface area contributed by atoms with Crippen LogP contribution in [0.3, 0.4) is 0 Å². The molecule has 3 fully saturated rings. The molecule has 5 rings (SSSR count). The van der Waals surface area contributed by atoms with E-state index in [0.717, 1.165) is 12.8 Å². The van der Waals surface area contributed by atoms with Crippen LogP contribution in [-0.2, 0) is 14.4 Å². The van der Waals surface area contributed by atoms with Gasteiger partial charge in [0.1, 0.15) is 6.04 Å². The highest BCUT2D eigenvalue weighted by molar-refractivity contribution is 8.02. The van der Waals surface area contributed by atoms with E-state index < -0.39 is 33.4 Å². The summed E-state index contributed by atoms with van der Waals surface area (Å²) in [6.07, 6.45) is 2.11. The van der Waals surface area contributed by atoms with Crippen LogP contribution in [0.15, 0.2) is 54.6 Å². The van der Waals surface area contributed by atoms with Gasteiger partial charge in [-0.25, -0.2) is 0 Å². The molecule has 202 valence electrons. The van der Waals surface area contributed by atoms with E-state index in [2.05, 4.69) is 10.6 Å². The second kappa shape index (κ2) is 10.2. The molecule has 2 aromatic carbocycles. The van der Waals surface area contributed by atoms with Gasteiger partial charge in [0, 0.05) is 21.1 Å². The number of nitrogens with zero attached hydrogens (tertiary/aromatic N) is 1. The summed E-state index contributed by atoms with van der Waals surface area (Å²) in [6.45, 7) is 5.79. The monoisotopic (exact) mass is 555 g/mol. The molecule has 3 aliphatic rings. The van der Waals surface area contributed by atoms with Crippen molar-refractivity contribution in [1.82, 2.24) is 4.90 Å². The lowest BCUT2D eigenvalue weighted by Gasteiger charge is -2.39. The molecule has 2 aromatic rings. The van der Waals surface area contributed by atoms with Crippen molar-refractivity contribution >= 4 is 52.5 Å². The molecule has 7 nitrogen and oxygen atoms in total. The standard InChI is InChI=1S/C29H34ClN3O4S/c1-4-17(2)21(16-34)33-24(26(36)32-20-12-10-18(30)11-13-20)29-15-14-28(3,38-29)22(23(29)27(33)37)25(35)31-19-8-6-5-7-9-19/h5-13,17,21-24,34H,4,14-16H2,1-3H3,(H,31,35)(H,32,36)/t17-,21-,22-,23-,24?,28+,29?/m0/s1. The van der Waals surface area contributed by atoms with Crippen LogP contribution in [0.1, 0.15) is 40.0 Å². The summed E-state index contributed by atoms with van der Waals surface area (Å²) in [5.41, 5.74) is 1.26. The molecular formula is C29H34ClN3O4S. The van der Waals surface area contributed by atoms with Crippen LogP contribution < -0.4 is 10.6 Å². The Morgan fingerprint density at radius 2 is 1.71 bits per heavy atom. The van der Waals surface area contributed by atoms with Crippen molar-refractivity contribution in [2.24, 2.45) is 17.8 Å². The number of amides is 3. The van der Waals surface area contributed by atoms with Crippen LogP contribution in [0.5, 0.6) is 0 Å². The Morgan fingerprint density at radius 1 is 1.08 bits per heavy atom. The zero-order chi connectivity index (χ0) is 27.2. The fourth-order valence-corrected chi connectivity index (χ4v) is 9.19. The largest absolute Gasteiger partial charge is 0.394 e. The minimum absolute atomic E-state index is 0.0283. The average molecular weight is 556 g/mol. The summed E-state index contributed by atoms with van der Waals surface area (Å²) in [6, 6.07) is 14.7. The normalized spacial score (nSPS) is 31.1. The van der Waals surface area contributed by atoms with E-state index in [1.54, 1.807) is 40.9 Å². The maximum absolute atomic E-state index is 14.3. The van der Waals surface area contributed by atoms with Gasteiger partial charge in [0.2, 0.25) is 17.7 Å². The van der Waals surface area contributed by atoms with E-state index in [1.807, 2.05) is 51.1 Å². The number of aliphatic hydroxyl groups excluding tert-OH is 1. The first kappa shape index (κ1) is 27.0. The lowest BCUT2D eigenvalue weighted by atomic mass is 9.66. The molecule has 3 aliphatic heterocycles. The molecule has 3 saturated heterocycles. The Morgan fingerprint density at radius 3 is 2.34 bits per heavy atom. The van der Waals surface area contributed by atoms with Gasteiger partial charge in [-0.05, 0) is 62.1 Å². The number of hydrogen-bond acceptors (Lipinski definition) is 5. The second-order valence-corrected chi connectivity index (χ2v) is 13.3. The summed E-state index contributed by atoms with van der Waals surface area (Å²) >= 11 is 7.65. The first-order valence-corrected chi connectivity index (χ1v) is 14.4. The number of fused-ring (bicyclic) bond motifs is 1. The molecule has 0 aliphatic carbocycles. The molecule has 2 bridgehead atoms. The number of aliphatic hydroxyl groups is 1. The zero-order valence-electron chi connectivity index (χ0n) is 21.8. The molecule has 2 unspecified atom stereocenters. The Hall–Kier alpha value is -2.55. The van der Waals surface area contributed by atoms with Crippen LogP contribution in [0, 0.1) is 17.8 Å². The SMILES string of the molecule is CC[C@H](C)[C@H](CO)N1C(=O)[C@@H]2[C@@H](C(=O)Nc3ccccc3)[C@@]3(C)CCC2(S3)C1C(=O)Nc1ccc(Cl)cc1. The zero-order valence-corrected chi connectivity index (χ0v) is 23.4. The number of halogens is 1. The molecular weight excluding hydrogens is 522 g/mol. The van der Waals surface area contributed by atoms with Crippen molar-refractivity contribution in [3.8, 4) is 0 Å². The first-order chi connectivity index (χ1) is 18.1. The minimum Gasteiger partial charge on any atom is -0.394 e. The number of rotatable bonds is 8. The van der Waals surface area contributed by atoms with E-state index in [0.29, 0.717) is 22.8 Å². The number of benzene rings is 2. The van der Waals surface area contributed by atoms with Gasteiger partial charge in [-0.15, -0.1) is 11.8 Å². The first-order valence-electron chi connectivity index (χ1n) is 13.2. The maximum atomic E-state index is 14.3. The van der Waals surface area contributed by atoms with Crippen molar-refractivity contribution in [3.63, 3.8) is 0 Å². The number of carbonyl (C=O) groups excluding carboxylic acids is 3. The van der Waals surface area contributed by atoms with Crippen molar-refractivity contribution in [3.05, 3.63) is 59.6 Å². The molecule has 3 heterocycles. The predicted molar refractivity (Wildman–Crippen MR) is 151 cm³/mol. The third-order valence-electron chi connectivity index (χ3n) is 8.74. The van der Waals surface area contributed by atoms with Crippen molar-refractivity contribution in [2.75, 3.05) is 17.2 Å². The van der Waals surface area contributed by atoms with E-state index in [4.69, 9.17) is 11.6 Å². The molecule has 9 heteroatoms. The quantitative estimate of drug-likeness (QED) is 0.434. The average Bonchev–Trinajstić information content (AvgIpc) is 3.47. The lowest BCUT2D eigenvalue weighted by Crippen LogP contribution is -2.56. The Labute approximate surface area is 232 Å². The molecule has 38 heavy (non-hydrogen) atoms. The van der Waals surface area contributed by atoms with Crippen molar-refractivity contribution < 1.29 is 19.5 Å². The highest BCUT2D eigenvalue weighted by atomic mass is 35.5. The topological polar surface area (TPSA) is 98.7 Å². The van der Waals surface area contributed by atoms with Crippen LogP contribution in [-0.4, -0.2) is 55.9 Å². The number of anilines is 2. The Bertz CT molecular complexity index is 1230. The van der Waals surface area contributed by atoms with Crippen molar-refractivity contribution in [1.29, 1.82) is 0 Å².